The molecule has 2 heterocycles. The molecule has 1 fully saturated rings. The van der Waals surface area contributed by atoms with E-state index < -0.39 is 5.41 Å². The van der Waals surface area contributed by atoms with Gasteiger partial charge in [-0.15, -0.1) is 11.3 Å². The van der Waals surface area contributed by atoms with E-state index in [2.05, 4.69) is 20.6 Å². The largest absolute Gasteiger partial charge is 0.483 e. The van der Waals surface area contributed by atoms with Crippen LogP contribution in [0, 0.1) is 12.3 Å². The highest BCUT2D eigenvalue weighted by atomic mass is 32.1. The minimum absolute atomic E-state index is 0.00959. The van der Waals surface area contributed by atoms with E-state index in [0.717, 1.165) is 23.4 Å². The maximum Gasteiger partial charge on any atom is 0.290 e. The van der Waals surface area contributed by atoms with Crippen molar-refractivity contribution in [2.75, 3.05) is 5.32 Å². The van der Waals surface area contributed by atoms with E-state index in [1.165, 1.54) is 11.3 Å². The number of nitrogens with one attached hydrogen (secondary N) is 2. The molecule has 2 amide bonds. The number of carbonyl (C=O) groups excluding carboxylic acids is 2. The molecule has 0 atom stereocenters. The Morgan fingerprint density at radius 3 is 2.71 bits per heavy atom. The van der Waals surface area contributed by atoms with Crippen molar-refractivity contribution < 1.29 is 19.5 Å². The molecule has 9 nitrogen and oxygen atoms in total. The first kappa shape index (κ1) is 22.2. The van der Waals surface area contributed by atoms with Crippen molar-refractivity contribution in [3.05, 3.63) is 64.6 Å². The normalized spacial score (nSPS) is 13.5. The number of benzene rings is 1. The summed E-state index contributed by atoms with van der Waals surface area (Å²) in [6.07, 6.45) is 8.72. The summed E-state index contributed by atoms with van der Waals surface area (Å²) in [5.74, 6) is -0.199. The Labute approximate surface area is 183 Å². The van der Waals surface area contributed by atoms with Crippen LogP contribution in [0.25, 0.3) is 0 Å². The molecule has 31 heavy (non-hydrogen) atoms. The van der Waals surface area contributed by atoms with Gasteiger partial charge in [-0.2, -0.15) is 0 Å². The lowest BCUT2D eigenvalue weighted by atomic mass is 10.0. The van der Waals surface area contributed by atoms with Gasteiger partial charge >= 0.3 is 0 Å². The lowest BCUT2D eigenvalue weighted by Gasteiger charge is -2.17. The number of carboxylic acid groups (broad SMARTS) is 1. The van der Waals surface area contributed by atoms with E-state index in [1.807, 2.05) is 29.1 Å². The summed E-state index contributed by atoms with van der Waals surface area (Å²) in [5, 5.41) is 15.5. The topological polar surface area (TPSA) is 126 Å². The summed E-state index contributed by atoms with van der Waals surface area (Å²) in [7, 11) is 0. The minimum Gasteiger partial charge on any atom is -0.483 e. The minimum atomic E-state index is -0.393. The van der Waals surface area contributed by atoms with Crippen molar-refractivity contribution in [3.63, 3.8) is 0 Å². The fourth-order valence-corrected chi connectivity index (χ4v) is 3.64. The Bertz CT molecular complexity index is 1030. The quantitative estimate of drug-likeness (QED) is 0.484. The van der Waals surface area contributed by atoms with Crippen molar-refractivity contribution in [2.45, 2.75) is 32.9 Å². The zero-order valence-corrected chi connectivity index (χ0v) is 17.8. The maximum atomic E-state index is 12.9. The molecular weight excluding hydrogens is 418 g/mol. The van der Waals surface area contributed by atoms with Gasteiger partial charge in [0.2, 0.25) is 5.91 Å². The number of aromatic nitrogens is 3. The molecule has 1 aromatic carbocycles. The van der Waals surface area contributed by atoms with Crippen LogP contribution in [-0.4, -0.2) is 37.9 Å². The fourth-order valence-electron chi connectivity index (χ4n) is 3.09. The number of imidazole rings is 1. The van der Waals surface area contributed by atoms with Crippen molar-refractivity contribution in [2.24, 2.45) is 5.41 Å². The molecule has 1 aliphatic carbocycles. The molecule has 0 bridgehead atoms. The van der Waals surface area contributed by atoms with Crippen LogP contribution >= 0.6 is 11.3 Å². The van der Waals surface area contributed by atoms with Crippen LogP contribution in [0.2, 0.25) is 0 Å². The molecule has 3 N–H and O–H groups in total. The summed E-state index contributed by atoms with van der Waals surface area (Å²) in [4.78, 5) is 41.9. The first-order valence-electron chi connectivity index (χ1n) is 9.60. The van der Waals surface area contributed by atoms with Crippen LogP contribution in [0.15, 0.2) is 48.5 Å². The van der Waals surface area contributed by atoms with E-state index in [-0.39, 0.29) is 18.3 Å². The molecule has 0 unspecified atom stereocenters. The number of rotatable bonds is 7. The summed E-state index contributed by atoms with van der Waals surface area (Å²) in [5.41, 5.74) is 1.71. The molecule has 1 saturated carbocycles. The van der Waals surface area contributed by atoms with Gasteiger partial charge in [0.15, 0.2) is 0 Å². The Balaban J connectivity index is 0.000000858. The number of aryl methyl sites for hydroxylation is 1. The average Bonchev–Trinajstić information content (AvgIpc) is 3.13. The molecule has 162 valence electrons. The zero-order chi connectivity index (χ0) is 22.3. The lowest BCUT2D eigenvalue weighted by molar-refractivity contribution is -0.123. The van der Waals surface area contributed by atoms with Crippen LogP contribution < -0.4 is 10.6 Å². The molecule has 0 spiro atoms. The number of carbonyl (C=O) groups is 3. The molecule has 0 radical (unpaired) electrons. The van der Waals surface area contributed by atoms with Crippen LogP contribution in [0.1, 0.15) is 33.8 Å². The van der Waals surface area contributed by atoms with Gasteiger partial charge < -0.3 is 20.3 Å². The highest BCUT2D eigenvalue weighted by Gasteiger charge is 2.50. The third-order valence-electron chi connectivity index (χ3n) is 5.01. The third kappa shape index (κ3) is 5.76. The second-order valence-electron chi connectivity index (χ2n) is 7.21. The average molecular weight is 442 g/mol. The Morgan fingerprint density at radius 2 is 2.10 bits per heavy atom. The molecule has 0 saturated heterocycles. The van der Waals surface area contributed by atoms with E-state index in [0.29, 0.717) is 24.3 Å². The number of hydrogen-bond donors (Lipinski definition) is 3. The van der Waals surface area contributed by atoms with Gasteiger partial charge in [-0.1, -0.05) is 6.07 Å². The van der Waals surface area contributed by atoms with E-state index in [1.54, 1.807) is 30.9 Å². The number of thiazole rings is 1. The summed E-state index contributed by atoms with van der Waals surface area (Å²) in [6, 6.07) is 5.35. The van der Waals surface area contributed by atoms with E-state index >= 15 is 0 Å². The standard InChI is InChI=1S/C20H21N5O2S.CH2O2/c1-14-2-3-15(18(26)23-11-17-22-7-9-28-17)10-16(14)24-19(27)20(4-5-20)12-25-8-6-21-13-25;2-1-3/h2-3,6-10,13H,4-5,11-12H2,1H3,(H,23,26)(H,24,27);1H,(H,2,3). The molecule has 2 aromatic heterocycles. The monoisotopic (exact) mass is 441 g/mol. The second kappa shape index (κ2) is 9.98. The van der Waals surface area contributed by atoms with Gasteiger partial charge in [0.1, 0.15) is 5.01 Å². The third-order valence-corrected chi connectivity index (χ3v) is 5.79. The van der Waals surface area contributed by atoms with Gasteiger partial charge in [0, 0.05) is 41.8 Å². The van der Waals surface area contributed by atoms with Crippen molar-refractivity contribution >= 4 is 35.3 Å². The number of nitrogens with zero attached hydrogens (tertiary/aromatic N) is 3. The second-order valence-corrected chi connectivity index (χ2v) is 8.19. The summed E-state index contributed by atoms with van der Waals surface area (Å²) < 4.78 is 1.93. The molecule has 4 rings (SSSR count). The molecule has 1 aliphatic rings. The predicted molar refractivity (Wildman–Crippen MR) is 116 cm³/mol. The highest BCUT2D eigenvalue weighted by molar-refractivity contribution is 7.09. The SMILES string of the molecule is Cc1ccc(C(=O)NCc2nccs2)cc1NC(=O)C1(Cn2ccnc2)CC1.O=CO. The molecule has 3 aromatic rings. The lowest BCUT2D eigenvalue weighted by Crippen LogP contribution is -2.28. The first-order chi connectivity index (χ1) is 15.0. The fraction of sp³-hybridized carbons (Fsp3) is 0.286. The van der Waals surface area contributed by atoms with Crippen LogP contribution in [0.4, 0.5) is 5.69 Å². The Hall–Kier alpha value is -3.53. The summed E-state index contributed by atoms with van der Waals surface area (Å²) in [6.45, 7) is 2.67. The van der Waals surface area contributed by atoms with Gasteiger partial charge in [-0.3, -0.25) is 14.4 Å². The Morgan fingerprint density at radius 1 is 1.32 bits per heavy atom. The first-order valence-corrected chi connectivity index (χ1v) is 10.5. The van der Waals surface area contributed by atoms with Crippen LogP contribution in [0.5, 0.6) is 0 Å². The van der Waals surface area contributed by atoms with Crippen molar-refractivity contribution in [1.82, 2.24) is 19.9 Å². The van der Waals surface area contributed by atoms with E-state index in [4.69, 9.17) is 9.90 Å². The molecule has 10 heteroatoms. The maximum absolute atomic E-state index is 12.9. The zero-order valence-electron chi connectivity index (χ0n) is 16.9. The molecule has 0 aliphatic heterocycles. The van der Waals surface area contributed by atoms with Gasteiger partial charge in [-0.25, -0.2) is 9.97 Å². The van der Waals surface area contributed by atoms with Crippen molar-refractivity contribution in [1.29, 1.82) is 0 Å². The number of anilines is 1. The van der Waals surface area contributed by atoms with Gasteiger partial charge in [-0.05, 0) is 37.5 Å². The summed E-state index contributed by atoms with van der Waals surface area (Å²) >= 11 is 1.50. The number of amides is 2. The Kier molecular flexibility index (Phi) is 7.14. The van der Waals surface area contributed by atoms with Crippen LogP contribution in [-0.2, 0) is 22.7 Å². The smallest absolute Gasteiger partial charge is 0.290 e. The van der Waals surface area contributed by atoms with Crippen molar-refractivity contribution in [3.8, 4) is 0 Å². The molecular formula is C21H23N5O4S. The number of hydrogen-bond acceptors (Lipinski definition) is 6. The predicted octanol–water partition coefficient (Wildman–Crippen LogP) is 2.70. The van der Waals surface area contributed by atoms with Gasteiger partial charge in [0.05, 0.1) is 18.3 Å². The van der Waals surface area contributed by atoms with E-state index in [9.17, 15) is 9.59 Å². The van der Waals surface area contributed by atoms with Gasteiger partial charge in [0.25, 0.3) is 12.4 Å². The highest BCUT2D eigenvalue weighted by Crippen LogP contribution is 2.48. The van der Waals surface area contributed by atoms with Crippen LogP contribution in [0.3, 0.4) is 0 Å².